The molecule has 114 valence electrons. The van der Waals surface area contributed by atoms with Gasteiger partial charge in [0.05, 0.1) is 24.9 Å². The summed E-state index contributed by atoms with van der Waals surface area (Å²) in [6, 6.07) is 6.00. The first kappa shape index (κ1) is 16.8. The van der Waals surface area contributed by atoms with Crippen molar-refractivity contribution in [1.29, 1.82) is 0 Å². The number of rotatable bonds is 7. The number of ether oxygens (including phenoxy) is 3. The van der Waals surface area contributed by atoms with E-state index in [2.05, 4.69) is 12.2 Å². The number of benzene rings is 1. The lowest BCUT2D eigenvalue weighted by molar-refractivity contribution is -0.0164. The fourth-order valence-electron chi connectivity index (χ4n) is 1.90. The van der Waals surface area contributed by atoms with Crippen LogP contribution in [0, 0.1) is 0 Å². The molecule has 0 aromatic heterocycles. The summed E-state index contributed by atoms with van der Waals surface area (Å²) in [7, 11) is 3.59. The molecule has 0 radical (unpaired) electrons. The topological polar surface area (TPSA) is 39.7 Å². The van der Waals surface area contributed by atoms with E-state index in [1.54, 1.807) is 7.11 Å². The van der Waals surface area contributed by atoms with E-state index in [9.17, 15) is 0 Å². The second-order valence-corrected chi connectivity index (χ2v) is 5.69. The minimum atomic E-state index is -0.140. The molecule has 1 unspecified atom stereocenters. The van der Waals surface area contributed by atoms with E-state index in [1.807, 2.05) is 46.0 Å². The molecule has 0 aliphatic rings. The van der Waals surface area contributed by atoms with Gasteiger partial charge in [-0.05, 0) is 46.9 Å². The molecule has 0 aliphatic heterocycles. The van der Waals surface area contributed by atoms with Crippen molar-refractivity contribution >= 4 is 0 Å². The maximum absolute atomic E-state index is 5.85. The molecule has 4 nitrogen and oxygen atoms in total. The molecule has 1 atom stereocenters. The Morgan fingerprint density at radius 1 is 1.15 bits per heavy atom. The number of methoxy groups -OCH3 is 1. The van der Waals surface area contributed by atoms with Crippen LogP contribution in [0.3, 0.4) is 0 Å². The van der Waals surface area contributed by atoms with Crippen molar-refractivity contribution in [2.24, 2.45) is 0 Å². The van der Waals surface area contributed by atoms with Gasteiger partial charge in [-0.2, -0.15) is 0 Å². The molecule has 0 fully saturated rings. The van der Waals surface area contributed by atoms with Gasteiger partial charge in [-0.15, -0.1) is 0 Å². The molecule has 0 saturated heterocycles. The van der Waals surface area contributed by atoms with E-state index < -0.39 is 0 Å². The number of hydrogen-bond acceptors (Lipinski definition) is 4. The van der Waals surface area contributed by atoms with Crippen molar-refractivity contribution in [2.75, 3.05) is 27.4 Å². The van der Waals surface area contributed by atoms with Gasteiger partial charge in [0.2, 0.25) is 0 Å². The third-order valence-corrected chi connectivity index (χ3v) is 2.99. The molecule has 1 rings (SSSR count). The van der Waals surface area contributed by atoms with E-state index in [1.165, 1.54) is 0 Å². The van der Waals surface area contributed by atoms with Crippen LogP contribution in [-0.2, 0) is 4.74 Å². The highest BCUT2D eigenvalue weighted by Crippen LogP contribution is 2.33. The van der Waals surface area contributed by atoms with Gasteiger partial charge >= 0.3 is 0 Å². The Hall–Kier alpha value is -1.26. The van der Waals surface area contributed by atoms with E-state index >= 15 is 0 Å². The Labute approximate surface area is 122 Å². The lowest BCUT2D eigenvalue weighted by Crippen LogP contribution is -2.23. The molecule has 0 amide bonds. The Bertz CT molecular complexity index is 413. The first-order valence-corrected chi connectivity index (χ1v) is 7.00. The predicted octanol–water partition coefficient (Wildman–Crippen LogP) is 3.17. The maximum atomic E-state index is 5.85. The maximum Gasteiger partial charge on any atom is 0.127 e. The fraction of sp³-hybridized carbons (Fsp3) is 0.625. The molecular weight excluding hydrogens is 254 g/mol. The predicted molar refractivity (Wildman–Crippen MR) is 81.7 cm³/mol. The number of hydrogen-bond donors (Lipinski definition) is 1. The zero-order chi connectivity index (χ0) is 15.2. The first-order valence-electron chi connectivity index (χ1n) is 7.00. The summed E-state index contributed by atoms with van der Waals surface area (Å²) in [5.41, 5.74) is 0.895. The summed E-state index contributed by atoms with van der Waals surface area (Å²) in [5.74, 6) is 1.67. The quantitative estimate of drug-likeness (QED) is 0.779. The molecule has 0 heterocycles. The van der Waals surface area contributed by atoms with Crippen LogP contribution in [0.1, 0.15) is 39.3 Å². The first-order chi connectivity index (χ1) is 9.39. The summed E-state index contributed by atoms with van der Waals surface area (Å²) in [5, 5.41) is 3.22. The number of nitrogens with one attached hydrogen (secondary N) is 1. The smallest absolute Gasteiger partial charge is 0.127 e. The van der Waals surface area contributed by atoms with Crippen molar-refractivity contribution in [1.82, 2.24) is 5.32 Å². The molecule has 1 N–H and O–H groups in total. The lowest BCUT2D eigenvalue weighted by Gasteiger charge is -2.22. The van der Waals surface area contributed by atoms with E-state index in [0.717, 1.165) is 17.1 Å². The highest BCUT2D eigenvalue weighted by atomic mass is 16.5. The molecule has 0 saturated carbocycles. The standard InChI is InChI=1S/C16H27NO3/c1-12(17-5)15-13(18-6)8-7-9-14(15)19-10-11-20-16(2,3)4/h7-9,12,17H,10-11H2,1-6H3. The third-order valence-electron chi connectivity index (χ3n) is 2.99. The van der Waals surface area contributed by atoms with Crippen LogP contribution in [-0.4, -0.2) is 33.0 Å². The van der Waals surface area contributed by atoms with E-state index in [4.69, 9.17) is 14.2 Å². The molecule has 0 bridgehead atoms. The van der Waals surface area contributed by atoms with Crippen LogP contribution in [0.5, 0.6) is 11.5 Å². The summed E-state index contributed by atoms with van der Waals surface area (Å²) >= 11 is 0. The monoisotopic (exact) mass is 281 g/mol. The molecule has 0 aliphatic carbocycles. The van der Waals surface area contributed by atoms with Gasteiger partial charge in [-0.3, -0.25) is 0 Å². The van der Waals surface area contributed by atoms with E-state index in [0.29, 0.717) is 13.2 Å². The van der Waals surface area contributed by atoms with Gasteiger partial charge in [-0.25, -0.2) is 0 Å². The normalized spacial score (nSPS) is 13.1. The van der Waals surface area contributed by atoms with Gasteiger partial charge < -0.3 is 19.5 Å². The minimum absolute atomic E-state index is 0.140. The molecule has 1 aromatic carbocycles. The van der Waals surface area contributed by atoms with Gasteiger partial charge in [0, 0.05) is 6.04 Å². The average Bonchev–Trinajstić information content (AvgIpc) is 2.41. The highest BCUT2D eigenvalue weighted by molar-refractivity contribution is 5.46. The van der Waals surface area contributed by atoms with Crippen LogP contribution in [0.2, 0.25) is 0 Å². The van der Waals surface area contributed by atoms with E-state index in [-0.39, 0.29) is 11.6 Å². The average molecular weight is 281 g/mol. The van der Waals surface area contributed by atoms with Gasteiger partial charge in [0.25, 0.3) is 0 Å². The molecular formula is C16H27NO3. The van der Waals surface area contributed by atoms with Gasteiger partial charge in [0.1, 0.15) is 18.1 Å². The SMILES string of the molecule is CNC(C)c1c(OC)cccc1OCCOC(C)(C)C. The Balaban J connectivity index is 2.74. The third kappa shape index (κ3) is 5.02. The van der Waals surface area contributed by atoms with Crippen molar-refractivity contribution in [3.05, 3.63) is 23.8 Å². The Morgan fingerprint density at radius 2 is 1.80 bits per heavy atom. The summed E-state index contributed by atoms with van der Waals surface area (Å²) in [4.78, 5) is 0. The Kier molecular flexibility index (Phi) is 6.30. The van der Waals surface area contributed by atoms with Gasteiger partial charge in [0.15, 0.2) is 0 Å². The highest BCUT2D eigenvalue weighted by Gasteiger charge is 2.16. The molecule has 0 spiro atoms. The van der Waals surface area contributed by atoms with Crippen LogP contribution in [0.25, 0.3) is 0 Å². The van der Waals surface area contributed by atoms with Crippen LogP contribution in [0.15, 0.2) is 18.2 Å². The zero-order valence-corrected chi connectivity index (χ0v) is 13.4. The summed E-state index contributed by atoms with van der Waals surface area (Å²) < 4.78 is 16.9. The van der Waals surface area contributed by atoms with Crippen molar-refractivity contribution in [2.45, 2.75) is 39.3 Å². The van der Waals surface area contributed by atoms with Crippen molar-refractivity contribution in [3.63, 3.8) is 0 Å². The van der Waals surface area contributed by atoms with Crippen molar-refractivity contribution < 1.29 is 14.2 Å². The molecule has 4 heteroatoms. The molecule has 20 heavy (non-hydrogen) atoms. The molecule has 1 aromatic rings. The van der Waals surface area contributed by atoms with Crippen LogP contribution in [0.4, 0.5) is 0 Å². The van der Waals surface area contributed by atoms with Crippen molar-refractivity contribution in [3.8, 4) is 11.5 Å². The largest absolute Gasteiger partial charge is 0.496 e. The zero-order valence-electron chi connectivity index (χ0n) is 13.4. The lowest BCUT2D eigenvalue weighted by atomic mass is 10.1. The van der Waals surface area contributed by atoms with Gasteiger partial charge in [-0.1, -0.05) is 6.07 Å². The van der Waals surface area contributed by atoms with Crippen LogP contribution < -0.4 is 14.8 Å². The summed E-state index contributed by atoms with van der Waals surface area (Å²) in [6.07, 6.45) is 0. The second-order valence-electron chi connectivity index (χ2n) is 5.69. The van der Waals surface area contributed by atoms with Crippen LogP contribution >= 0.6 is 0 Å². The minimum Gasteiger partial charge on any atom is -0.496 e. The fourth-order valence-corrected chi connectivity index (χ4v) is 1.90. The summed E-state index contributed by atoms with van der Waals surface area (Å²) in [6.45, 7) is 9.27. The second kappa shape index (κ2) is 7.50. The Morgan fingerprint density at radius 3 is 2.35 bits per heavy atom.